The summed E-state index contributed by atoms with van der Waals surface area (Å²) in [6.45, 7) is 10.7. The summed E-state index contributed by atoms with van der Waals surface area (Å²) < 4.78 is 0. The zero-order valence-electron chi connectivity index (χ0n) is 12.9. The van der Waals surface area contributed by atoms with Gasteiger partial charge in [0, 0.05) is 12.1 Å². The molecule has 18 heavy (non-hydrogen) atoms. The largest absolute Gasteiger partial charge is 0.315 e. The molecule has 2 heteroatoms. The van der Waals surface area contributed by atoms with E-state index in [1.54, 1.807) is 0 Å². The molecule has 1 rings (SSSR count). The van der Waals surface area contributed by atoms with Gasteiger partial charge in [0.15, 0.2) is 0 Å². The molecule has 1 N–H and O–H groups in total. The van der Waals surface area contributed by atoms with Gasteiger partial charge in [-0.15, -0.1) is 0 Å². The molecule has 0 aromatic heterocycles. The predicted octanol–water partition coefficient (Wildman–Crippen LogP) is 3.81. The van der Waals surface area contributed by atoms with Gasteiger partial charge < -0.3 is 10.2 Å². The van der Waals surface area contributed by atoms with Crippen LogP contribution in [0.15, 0.2) is 0 Å². The highest BCUT2D eigenvalue weighted by atomic mass is 15.2. The molecule has 108 valence electrons. The van der Waals surface area contributed by atoms with Crippen LogP contribution in [0.1, 0.15) is 72.1 Å². The molecule has 0 spiro atoms. The number of nitrogens with one attached hydrogen (secondary N) is 1. The summed E-state index contributed by atoms with van der Waals surface area (Å²) >= 11 is 0. The molecule has 1 aliphatic heterocycles. The fourth-order valence-electron chi connectivity index (χ4n) is 3.00. The first kappa shape index (κ1) is 16.0. The lowest BCUT2D eigenvalue weighted by Crippen LogP contribution is -2.39. The molecule has 0 saturated carbocycles. The summed E-state index contributed by atoms with van der Waals surface area (Å²) in [5.41, 5.74) is 0. The van der Waals surface area contributed by atoms with Crippen LogP contribution in [0.3, 0.4) is 0 Å². The van der Waals surface area contributed by atoms with E-state index in [1.807, 2.05) is 0 Å². The Morgan fingerprint density at radius 3 is 2.61 bits per heavy atom. The number of rotatable bonds is 9. The Kier molecular flexibility index (Phi) is 8.70. The van der Waals surface area contributed by atoms with E-state index in [0.29, 0.717) is 6.04 Å². The highest BCUT2D eigenvalue weighted by Crippen LogP contribution is 2.19. The number of hydrogen-bond acceptors (Lipinski definition) is 2. The summed E-state index contributed by atoms with van der Waals surface area (Å²) in [7, 11) is 0. The van der Waals surface area contributed by atoms with E-state index in [2.05, 4.69) is 31.0 Å². The zero-order chi connectivity index (χ0) is 13.2. The lowest BCUT2D eigenvalue weighted by Gasteiger charge is -2.35. The minimum absolute atomic E-state index is 0.642. The SMILES string of the molecule is CCC1CCCCN1CCCCCCNC(C)C. The Morgan fingerprint density at radius 2 is 1.89 bits per heavy atom. The van der Waals surface area contributed by atoms with Crippen LogP contribution in [-0.4, -0.2) is 36.6 Å². The van der Waals surface area contributed by atoms with Crippen molar-refractivity contribution in [3.63, 3.8) is 0 Å². The van der Waals surface area contributed by atoms with Crippen molar-refractivity contribution in [3.8, 4) is 0 Å². The van der Waals surface area contributed by atoms with Crippen molar-refractivity contribution in [2.75, 3.05) is 19.6 Å². The van der Waals surface area contributed by atoms with E-state index in [0.717, 1.165) is 6.04 Å². The first-order chi connectivity index (χ1) is 8.74. The topological polar surface area (TPSA) is 15.3 Å². The van der Waals surface area contributed by atoms with Crippen molar-refractivity contribution in [2.24, 2.45) is 0 Å². The van der Waals surface area contributed by atoms with E-state index < -0.39 is 0 Å². The third kappa shape index (κ3) is 6.75. The second-order valence-corrected chi connectivity index (χ2v) is 6.12. The molecule has 1 atom stereocenters. The maximum atomic E-state index is 3.49. The fourth-order valence-corrected chi connectivity index (χ4v) is 3.00. The van der Waals surface area contributed by atoms with Crippen LogP contribution in [0.4, 0.5) is 0 Å². The monoisotopic (exact) mass is 254 g/mol. The quantitative estimate of drug-likeness (QED) is 0.629. The van der Waals surface area contributed by atoms with Crippen molar-refractivity contribution < 1.29 is 0 Å². The van der Waals surface area contributed by atoms with Crippen molar-refractivity contribution in [1.82, 2.24) is 10.2 Å². The van der Waals surface area contributed by atoms with Crippen molar-refractivity contribution in [1.29, 1.82) is 0 Å². The van der Waals surface area contributed by atoms with E-state index in [1.165, 1.54) is 71.0 Å². The Hall–Kier alpha value is -0.0800. The molecule has 2 nitrogen and oxygen atoms in total. The van der Waals surface area contributed by atoms with Gasteiger partial charge in [-0.1, -0.05) is 40.0 Å². The molecule has 0 radical (unpaired) electrons. The second-order valence-electron chi connectivity index (χ2n) is 6.12. The van der Waals surface area contributed by atoms with Gasteiger partial charge in [0.25, 0.3) is 0 Å². The number of unbranched alkanes of at least 4 members (excludes halogenated alkanes) is 3. The standard InChI is InChI=1S/C16H34N2/c1-4-16-11-7-10-14-18(16)13-9-6-5-8-12-17-15(2)3/h15-17H,4-14H2,1-3H3. The Labute approximate surface area is 115 Å². The number of nitrogens with zero attached hydrogens (tertiary/aromatic N) is 1. The smallest absolute Gasteiger partial charge is 0.00926 e. The molecule has 1 heterocycles. The summed E-state index contributed by atoms with van der Waals surface area (Å²) in [6.07, 6.45) is 11.2. The minimum atomic E-state index is 0.642. The fraction of sp³-hybridized carbons (Fsp3) is 1.00. The van der Waals surface area contributed by atoms with Gasteiger partial charge in [-0.3, -0.25) is 0 Å². The summed E-state index contributed by atoms with van der Waals surface area (Å²) in [5.74, 6) is 0. The van der Waals surface area contributed by atoms with Gasteiger partial charge in [-0.25, -0.2) is 0 Å². The zero-order valence-corrected chi connectivity index (χ0v) is 12.9. The molecule has 0 amide bonds. The molecule has 0 bridgehead atoms. The first-order valence-corrected chi connectivity index (χ1v) is 8.21. The van der Waals surface area contributed by atoms with E-state index in [9.17, 15) is 0 Å². The van der Waals surface area contributed by atoms with Gasteiger partial charge >= 0.3 is 0 Å². The molecule has 0 aliphatic carbocycles. The van der Waals surface area contributed by atoms with Gasteiger partial charge in [-0.2, -0.15) is 0 Å². The predicted molar refractivity (Wildman–Crippen MR) is 81.1 cm³/mol. The molecule has 1 aliphatic rings. The van der Waals surface area contributed by atoms with Gasteiger partial charge in [0.2, 0.25) is 0 Å². The van der Waals surface area contributed by atoms with Crippen LogP contribution < -0.4 is 5.32 Å². The second kappa shape index (κ2) is 9.80. The maximum Gasteiger partial charge on any atom is 0.00926 e. The average Bonchev–Trinajstić information content (AvgIpc) is 2.37. The molecule has 1 unspecified atom stereocenters. The van der Waals surface area contributed by atoms with Crippen molar-refractivity contribution >= 4 is 0 Å². The maximum absolute atomic E-state index is 3.49. The van der Waals surface area contributed by atoms with E-state index >= 15 is 0 Å². The van der Waals surface area contributed by atoms with Crippen molar-refractivity contribution in [3.05, 3.63) is 0 Å². The number of hydrogen-bond donors (Lipinski definition) is 1. The summed E-state index contributed by atoms with van der Waals surface area (Å²) in [4.78, 5) is 2.75. The van der Waals surface area contributed by atoms with Crippen molar-refractivity contribution in [2.45, 2.75) is 84.2 Å². The molecule has 1 saturated heterocycles. The van der Waals surface area contributed by atoms with Crippen LogP contribution in [0, 0.1) is 0 Å². The van der Waals surface area contributed by atoms with E-state index in [4.69, 9.17) is 0 Å². The molecule has 1 fully saturated rings. The number of piperidine rings is 1. The Balaban J connectivity index is 1.96. The lowest BCUT2D eigenvalue weighted by atomic mass is 9.99. The van der Waals surface area contributed by atoms with Gasteiger partial charge in [-0.05, 0) is 51.7 Å². The highest BCUT2D eigenvalue weighted by molar-refractivity contribution is 4.75. The van der Waals surface area contributed by atoms with Crippen LogP contribution in [0.25, 0.3) is 0 Å². The third-order valence-corrected chi connectivity index (χ3v) is 4.15. The van der Waals surface area contributed by atoms with Gasteiger partial charge in [0.1, 0.15) is 0 Å². The highest BCUT2D eigenvalue weighted by Gasteiger charge is 2.19. The summed E-state index contributed by atoms with van der Waals surface area (Å²) in [5, 5.41) is 3.49. The number of likely N-dealkylation sites (tertiary alicyclic amines) is 1. The van der Waals surface area contributed by atoms with Crippen LogP contribution in [-0.2, 0) is 0 Å². The summed E-state index contributed by atoms with van der Waals surface area (Å²) in [6, 6.07) is 1.53. The van der Waals surface area contributed by atoms with E-state index in [-0.39, 0.29) is 0 Å². The third-order valence-electron chi connectivity index (χ3n) is 4.15. The molecule has 0 aromatic rings. The lowest BCUT2D eigenvalue weighted by molar-refractivity contribution is 0.141. The normalized spacial score (nSPS) is 21.7. The first-order valence-electron chi connectivity index (χ1n) is 8.21. The Morgan fingerprint density at radius 1 is 1.11 bits per heavy atom. The average molecular weight is 254 g/mol. The minimum Gasteiger partial charge on any atom is -0.315 e. The molecular weight excluding hydrogens is 220 g/mol. The van der Waals surface area contributed by atoms with Gasteiger partial charge in [0.05, 0.1) is 0 Å². The van der Waals surface area contributed by atoms with Crippen LogP contribution in [0.5, 0.6) is 0 Å². The molecular formula is C16H34N2. The molecule has 0 aromatic carbocycles. The van der Waals surface area contributed by atoms with Crippen LogP contribution >= 0.6 is 0 Å². The van der Waals surface area contributed by atoms with Crippen LogP contribution in [0.2, 0.25) is 0 Å². The Bertz CT molecular complexity index is 192.